The molecule has 0 saturated carbocycles. The van der Waals surface area contributed by atoms with Gasteiger partial charge in [-0.05, 0) is 18.4 Å². The molecular formula is C14H20N2. The number of aryl methyl sites for hydroxylation is 1. The Morgan fingerprint density at radius 2 is 1.81 bits per heavy atom. The number of hydrogen-bond donors (Lipinski definition) is 0. The van der Waals surface area contributed by atoms with Crippen LogP contribution in [0.1, 0.15) is 45.0 Å². The van der Waals surface area contributed by atoms with Crippen LogP contribution in [0.15, 0.2) is 24.4 Å². The molecule has 0 saturated heterocycles. The van der Waals surface area contributed by atoms with Crippen molar-refractivity contribution in [3.8, 4) is 0 Å². The zero-order valence-corrected chi connectivity index (χ0v) is 10.8. The summed E-state index contributed by atoms with van der Waals surface area (Å²) in [7, 11) is 0. The van der Waals surface area contributed by atoms with Crippen LogP contribution < -0.4 is 0 Å². The van der Waals surface area contributed by atoms with Gasteiger partial charge in [-0.25, -0.2) is 9.97 Å². The molecule has 0 fully saturated rings. The molecule has 0 aliphatic heterocycles. The Morgan fingerprint density at radius 1 is 1.12 bits per heavy atom. The van der Waals surface area contributed by atoms with Crippen molar-refractivity contribution < 1.29 is 0 Å². The molecule has 0 aliphatic carbocycles. The quantitative estimate of drug-likeness (QED) is 0.717. The maximum atomic E-state index is 4.49. The molecule has 2 rings (SSSR count). The average Bonchev–Trinajstić information content (AvgIpc) is 2.30. The van der Waals surface area contributed by atoms with Gasteiger partial charge in [-0.1, -0.05) is 45.9 Å². The van der Waals surface area contributed by atoms with Gasteiger partial charge in [0.05, 0.1) is 5.52 Å². The zero-order chi connectivity index (χ0) is 12.1. The fraction of sp³-hybridized carbons (Fsp3) is 0.429. The standard InChI is InChI=1S/C12H14N2.C2H6/c1-8(2)11-6-4-5-10-7-13-9(3)14-12(10)11;1-2/h4-8H,1-3H3;1-2H3. The van der Waals surface area contributed by atoms with Crippen molar-refractivity contribution >= 4 is 10.9 Å². The summed E-state index contributed by atoms with van der Waals surface area (Å²) in [5.74, 6) is 1.35. The minimum Gasteiger partial charge on any atom is -0.241 e. The van der Waals surface area contributed by atoms with E-state index in [4.69, 9.17) is 0 Å². The first-order valence-corrected chi connectivity index (χ1v) is 5.91. The van der Waals surface area contributed by atoms with Crippen molar-refractivity contribution in [2.24, 2.45) is 0 Å². The Labute approximate surface area is 97.7 Å². The second-order valence-electron chi connectivity index (χ2n) is 3.86. The van der Waals surface area contributed by atoms with Gasteiger partial charge in [0, 0.05) is 11.6 Å². The second kappa shape index (κ2) is 5.59. The van der Waals surface area contributed by atoms with Crippen LogP contribution in [0.2, 0.25) is 0 Å². The van der Waals surface area contributed by atoms with E-state index in [1.165, 1.54) is 5.56 Å². The second-order valence-corrected chi connectivity index (χ2v) is 3.86. The lowest BCUT2D eigenvalue weighted by Gasteiger charge is -2.08. The maximum absolute atomic E-state index is 4.49. The Balaban J connectivity index is 0.000000606. The van der Waals surface area contributed by atoms with E-state index in [9.17, 15) is 0 Å². The number of nitrogens with zero attached hydrogens (tertiary/aromatic N) is 2. The van der Waals surface area contributed by atoms with E-state index in [2.05, 4.69) is 42.0 Å². The smallest absolute Gasteiger partial charge is 0.125 e. The van der Waals surface area contributed by atoms with Crippen LogP contribution in [0.25, 0.3) is 10.9 Å². The molecule has 1 aromatic heterocycles. The minimum absolute atomic E-state index is 0.507. The van der Waals surface area contributed by atoms with Gasteiger partial charge in [0.15, 0.2) is 0 Å². The molecule has 1 heterocycles. The Kier molecular flexibility index (Phi) is 4.41. The van der Waals surface area contributed by atoms with E-state index in [0.717, 1.165) is 16.7 Å². The SMILES string of the molecule is CC.Cc1ncc2cccc(C(C)C)c2n1. The van der Waals surface area contributed by atoms with E-state index in [-0.39, 0.29) is 0 Å². The lowest BCUT2D eigenvalue weighted by atomic mass is 10.0. The zero-order valence-electron chi connectivity index (χ0n) is 10.8. The molecule has 2 heteroatoms. The van der Waals surface area contributed by atoms with Crippen molar-refractivity contribution in [2.75, 3.05) is 0 Å². The molecule has 2 nitrogen and oxygen atoms in total. The van der Waals surface area contributed by atoms with Crippen LogP contribution in [0.5, 0.6) is 0 Å². The van der Waals surface area contributed by atoms with Crippen LogP contribution in [0.4, 0.5) is 0 Å². The van der Waals surface area contributed by atoms with E-state index in [1.54, 1.807) is 0 Å². The Hall–Kier alpha value is -1.44. The number of aromatic nitrogens is 2. The monoisotopic (exact) mass is 216 g/mol. The predicted molar refractivity (Wildman–Crippen MR) is 69.7 cm³/mol. The molecule has 0 N–H and O–H groups in total. The molecular weight excluding hydrogens is 196 g/mol. The molecule has 0 unspecified atom stereocenters. The van der Waals surface area contributed by atoms with Crippen molar-refractivity contribution in [3.05, 3.63) is 35.8 Å². The van der Waals surface area contributed by atoms with Crippen LogP contribution in [-0.4, -0.2) is 9.97 Å². The molecule has 0 amide bonds. The lowest BCUT2D eigenvalue weighted by Crippen LogP contribution is -1.94. The van der Waals surface area contributed by atoms with Crippen LogP contribution in [0, 0.1) is 6.92 Å². The molecule has 86 valence electrons. The van der Waals surface area contributed by atoms with Crippen molar-refractivity contribution in [3.63, 3.8) is 0 Å². The predicted octanol–water partition coefficient (Wildman–Crippen LogP) is 4.09. The highest BCUT2D eigenvalue weighted by Gasteiger charge is 2.06. The van der Waals surface area contributed by atoms with Crippen molar-refractivity contribution in [1.29, 1.82) is 0 Å². The molecule has 16 heavy (non-hydrogen) atoms. The van der Waals surface area contributed by atoms with E-state index >= 15 is 0 Å². The molecule has 1 aromatic carbocycles. The van der Waals surface area contributed by atoms with Gasteiger partial charge in [0.1, 0.15) is 5.82 Å². The number of para-hydroxylation sites is 1. The normalized spacial score (nSPS) is 10.1. The summed E-state index contributed by atoms with van der Waals surface area (Å²) in [6, 6.07) is 6.26. The van der Waals surface area contributed by atoms with E-state index in [0.29, 0.717) is 5.92 Å². The first kappa shape index (κ1) is 12.6. The van der Waals surface area contributed by atoms with E-state index < -0.39 is 0 Å². The number of fused-ring (bicyclic) bond motifs is 1. The number of hydrogen-bond acceptors (Lipinski definition) is 2. The molecule has 0 atom stereocenters. The molecule has 0 radical (unpaired) electrons. The largest absolute Gasteiger partial charge is 0.241 e. The van der Waals surface area contributed by atoms with Crippen molar-refractivity contribution in [2.45, 2.75) is 40.5 Å². The van der Waals surface area contributed by atoms with Gasteiger partial charge in [0.25, 0.3) is 0 Å². The summed E-state index contributed by atoms with van der Waals surface area (Å²) in [6.45, 7) is 10.3. The fourth-order valence-corrected chi connectivity index (χ4v) is 1.63. The minimum atomic E-state index is 0.507. The van der Waals surface area contributed by atoms with Gasteiger partial charge >= 0.3 is 0 Å². The Morgan fingerprint density at radius 3 is 2.44 bits per heavy atom. The van der Waals surface area contributed by atoms with Crippen LogP contribution in [0.3, 0.4) is 0 Å². The van der Waals surface area contributed by atoms with Gasteiger partial charge in [-0.3, -0.25) is 0 Å². The summed E-state index contributed by atoms with van der Waals surface area (Å²) in [4.78, 5) is 8.68. The first-order chi connectivity index (χ1) is 7.68. The fourth-order valence-electron chi connectivity index (χ4n) is 1.63. The third-order valence-electron chi connectivity index (χ3n) is 2.38. The molecule has 0 spiro atoms. The maximum Gasteiger partial charge on any atom is 0.125 e. The third kappa shape index (κ3) is 2.57. The van der Waals surface area contributed by atoms with Gasteiger partial charge in [0.2, 0.25) is 0 Å². The molecule has 0 bridgehead atoms. The number of rotatable bonds is 1. The summed E-state index contributed by atoms with van der Waals surface area (Å²) in [6.07, 6.45) is 1.89. The van der Waals surface area contributed by atoms with Crippen LogP contribution in [-0.2, 0) is 0 Å². The summed E-state index contributed by atoms with van der Waals surface area (Å²) >= 11 is 0. The summed E-state index contributed by atoms with van der Waals surface area (Å²) in [5.41, 5.74) is 2.39. The van der Waals surface area contributed by atoms with E-state index in [1.807, 2.05) is 27.0 Å². The van der Waals surface area contributed by atoms with Gasteiger partial charge in [-0.2, -0.15) is 0 Å². The van der Waals surface area contributed by atoms with Gasteiger partial charge in [-0.15, -0.1) is 0 Å². The average molecular weight is 216 g/mol. The van der Waals surface area contributed by atoms with Crippen molar-refractivity contribution in [1.82, 2.24) is 9.97 Å². The first-order valence-electron chi connectivity index (χ1n) is 5.91. The highest BCUT2D eigenvalue weighted by molar-refractivity contribution is 5.81. The molecule has 2 aromatic rings. The topological polar surface area (TPSA) is 25.8 Å². The van der Waals surface area contributed by atoms with Gasteiger partial charge < -0.3 is 0 Å². The summed E-state index contributed by atoms with van der Waals surface area (Å²) in [5, 5.41) is 1.13. The highest BCUT2D eigenvalue weighted by Crippen LogP contribution is 2.22. The third-order valence-corrected chi connectivity index (χ3v) is 2.38. The van der Waals surface area contributed by atoms with Crippen LogP contribution >= 0.6 is 0 Å². The number of benzene rings is 1. The highest BCUT2D eigenvalue weighted by atomic mass is 14.9. The molecule has 0 aliphatic rings. The Bertz CT molecular complexity index is 461. The summed E-state index contributed by atoms with van der Waals surface area (Å²) < 4.78 is 0. The lowest BCUT2D eigenvalue weighted by molar-refractivity contribution is 0.870.